The summed E-state index contributed by atoms with van der Waals surface area (Å²) in [6.07, 6.45) is 1.66. The van der Waals surface area contributed by atoms with E-state index in [2.05, 4.69) is 4.98 Å². The maximum atomic E-state index is 8.59. The van der Waals surface area contributed by atoms with Gasteiger partial charge in [-0.1, -0.05) is 0 Å². The van der Waals surface area contributed by atoms with Gasteiger partial charge in [-0.3, -0.25) is 0 Å². The van der Waals surface area contributed by atoms with Gasteiger partial charge in [0.05, 0.1) is 0 Å². The lowest BCUT2D eigenvalue weighted by Crippen LogP contribution is -2.01. The summed E-state index contributed by atoms with van der Waals surface area (Å²) < 4.78 is 0. The largest absolute Gasteiger partial charge is 0.330 e. The summed E-state index contributed by atoms with van der Waals surface area (Å²) >= 11 is 1.76. The van der Waals surface area contributed by atoms with E-state index in [0.717, 1.165) is 17.1 Å². The molecule has 0 spiro atoms. The van der Waals surface area contributed by atoms with E-state index in [1.54, 1.807) is 18.0 Å². The fourth-order valence-corrected chi connectivity index (χ4v) is 1.62. The van der Waals surface area contributed by atoms with E-state index in [0.29, 0.717) is 12.2 Å². The summed E-state index contributed by atoms with van der Waals surface area (Å²) in [5.41, 5.74) is 6.97. The second kappa shape index (κ2) is 5.57. The van der Waals surface area contributed by atoms with Gasteiger partial charge in [0.25, 0.3) is 0 Å². The van der Waals surface area contributed by atoms with Crippen LogP contribution in [-0.2, 0) is 5.75 Å². The number of nitrogens with zero attached hydrogens (tertiary/aromatic N) is 2. The summed E-state index contributed by atoms with van der Waals surface area (Å²) in [5.74, 6) is 1.85. The third-order valence-electron chi connectivity index (χ3n) is 1.47. The average Bonchev–Trinajstić information content (AvgIpc) is 2.19. The lowest BCUT2D eigenvalue weighted by molar-refractivity contribution is 1.15. The highest BCUT2D eigenvalue weighted by Crippen LogP contribution is 2.11. The number of rotatable bonds is 4. The molecule has 1 aromatic rings. The molecule has 0 aliphatic carbocycles. The fraction of sp³-hybridized carbons (Fsp3) is 0.333. The number of aromatic nitrogens is 1. The van der Waals surface area contributed by atoms with Gasteiger partial charge < -0.3 is 5.73 Å². The first kappa shape index (κ1) is 10.0. The summed E-state index contributed by atoms with van der Waals surface area (Å²) in [5, 5.41) is 8.59. The number of hydrogen-bond donors (Lipinski definition) is 1. The molecule has 4 heteroatoms. The molecule has 0 saturated heterocycles. The zero-order chi connectivity index (χ0) is 9.52. The summed E-state index contributed by atoms with van der Waals surface area (Å²) in [4.78, 5) is 3.89. The third kappa shape index (κ3) is 3.45. The summed E-state index contributed by atoms with van der Waals surface area (Å²) in [6, 6.07) is 5.74. The van der Waals surface area contributed by atoms with Crippen LogP contribution in [0.1, 0.15) is 11.3 Å². The first-order valence-corrected chi connectivity index (χ1v) is 5.15. The Morgan fingerprint density at radius 1 is 1.62 bits per heavy atom. The Balaban J connectivity index is 2.52. The van der Waals surface area contributed by atoms with Gasteiger partial charge >= 0.3 is 0 Å². The zero-order valence-corrected chi connectivity index (χ0v) is 8.05. The molecule has 1 heterocycles. The average molecular weight is 193 g/mol. The molecule has 13 heavy (non-hydrogen) atoms. The molecule has 3 nitrogen and oxygen atoms in total. The van der Waals surface area contributed by atoms with Crippen LogP contribution in [0.4, 0.5) is 0 Å². The van der Waals surface area contributed by atoms with E-state index in [1.165, 1.54) is 0 Å². The Hall–Kier alpha value is -1.05. The molecule has 68 valence electrons. The lowest BCUT2D eigenvalue weighted by atomic mass is 10.2. The first-order chi connectivity index (χ1) is 6.36. The molecule has 0 aliphatic rings. The van der Waals surface area contributed by atoms with Gasteiger partial charge in [0.15, 0.2) is 0 Å². The van der Waals surface area contributed by atoms with Crippen molar-refractivity contribution in [3.63, 3.8) is 0 Å². The number of nitrogens with two attached hydrogens (primary N) is 1. The van der Waals surface area contributed by atoms with Crippen molar-refractivity contribution in [2.24, 2.45) is 5.73 Å². The molecule has 2 N–H and O–H groups in total. The molecule has 0 fully saturated rings. The maximum Gasteiger partial charge on any atom is 0.140 e. The Morgan fingerprint density at radius 2 is 2.46 bits per heavy atom. The molecule has 0 bridgehead atoms. The summed E-state index contributed by atoms with van der Waals surface area (Å²) in [6.45, 7) is 0.695. The number of hydrogen-bond acceptors (Lipinski definition) is 4. The molecular formula is C9H11N3S. The van der Waals surface area contributed by atoms with Crippen LogP contribution in [0, 0.1) is 11.3 Å². The standard InChI is InChI=1S/C9H11N3S/c10-2-4-13-7-8-1-3-12-9(5-8)6-11/h1,3,5H,2,4,7,10H2. The molecule has 1 aromatic heterocycles. The first-order valence-electron chi connectivity index (χ1n) is 3.99. The van der Waals surface area contributed by atoms with Crippen LogP contribution in [0.3, 0.4) is 0 Å². The van der Waals surface area contributed by atoms with Crippen LogP contribution in [0.15, 0.2) is 18.3 Å². The molecular weight excluding hydrogens is 182 g/mol. The van der Waals surface area contributed by atoms with Crippen molar-refractivity contribution < 1.29 is 0 Å². The molecule has 0 radical (unpaired) electrons. The zero-order valence-electron chi connectivity index (χ0n) is 7.23. The van der Waals surface area contributed by atoms with Crippen LogP contribution >= 0.6 is 11.8 Å². The van der Waals surface area contributed by atoms with Crippen LogP contribution < -0.4 is 5.73 Å². The fourth-order valence-electron chi connectivity index (χ4n) is 0.899. The van der Waals surface area contributed by atoms with Gasteiger partial charge in [-0.05, 0) is 17.7 Å². The van der Waals surface area contributed by atoms with Crippen molar-refractivity contribution in [2.75, 3.05) is 12.3 Å². The van der Waals surface area contributed by atoms with Gasteiger partial charge in [-0.2, -0.15) is 17.0 Å². The second-order valence-electron chi connectivity index (χ2n) is 2.50. The van der Waals surface area contributed by atoms with E-state index in [4.69, 9.17) is 11.0 Å². The SMILES string of the molecule is N#Cc1cc(CSCCN)ccn1. The number of nitriles is 1. The normalized spacial score (nSPS) is 9.54. The van der Waals surface area contributed by atoms with E-state index in [1.807, 2.05) is 18.2 Å². The lowest BCUT2D eigenvalue weighted by Gasteiger charge is -1.99. The molecule has 0 saturated carbocycles. The monoisotopic (exact) mass is 193 g/mol. The van der Waals surface area contributed by atoms with Crippen LogP contribution in [-0.4, -0.2) is 17.3 Å². The van der Waals surface area contributed by atoms with Gasteiger partial charge in [0.2, 0.25) is 0 Å². The van der Waals surface area contributed by atoms with E-state index in [-0.39, 0.29) is 0 Å². The molecule has 1 rings (SSSR count). The van der Waals surface area contributed by atoms with Crippen molar-refractivity contribution in [2.45, 2.75) is 5.75 Å². The highest BCUT2D eigenvalue weighted by molar-refractivity contribution is 7.98. The molecule has 0 atom stereocenters. The molecule has 0 amide bonds. The highest BCUT2D eigenvalue weighted by atomic mass is 32.2. The van der Waals surface area contributed by atoms with Crippen LogP contribution in [0.25, 0.3) is 0 Å². The third-order valence-corrected chi connectivity index (χ3v) is 2.53. The predicted molar refractivity (Wildman–Crippen MR) is 54.2 cm³/mol. The molecule has 0 unspecified atom stereocenters. The smallest absolute Gasteiger partial charge is 0.140 e. The van der Waals surface area contributed by atoms with Gasteiger partial charge in [-0.15, -0.1) is 0 Å². The van der Waals surface area contributed by atoms with Gasteiger partial charge in [0.1, 0.15) is 11.8 Å². The van der Waals surface area contributed by atoms with E-state index >= 15 is 0 Å². The topological polar surface area (TPSA) is 62.7 Å². The van der Waals surface area contributed by atoms with Crippen molar-refractivity contribution >= 4 is 11.8 Å². The number of pyridine rings is 1. The van der Waals surface area contributed by atoms with Crippen molar-refractivity contribution in [1.82, 2.24) is 4.98 Å². The Kier molecular flexibility index (Phi) is 4.30. The van der Waals surface area contributed by atoms with E-state index in [9.17, 15) is 0 Å². The predicted octanol–water partition coefficient (Wildman–Crippen LogP) is 1.15. The minimum absolute atomic E-state index is 0.478. The molecule has 0 aromatic carbocycles. The van der Waals surface area contributed by atoms with Crippen molar-refractivity contribution in [3.05, 3.63) is 29.6 Å². The van der Waals surface area contributed by atoms with Gasteiger partial charge in [0, 0.05) is 24.2 Å². The quantitative estimate of drug-likeness (QED) is 0.728. The second-order valence-corrected chi connectivity index (χ2v) is 3.61. The Labute approximate surface area is 82.0 Å². The Bertz CT molecular complexity index is 306. The number of thioether (sulfide) groups is 1. The Morgan fingerprint density at radius 3 is 3.15 bits per heavy atom. The summed E-state index contributed by atoms with van der Waals surface area (Å²) in [7, 11) is 0. The maximum absolute atomic E-state index is 8.59. The van der Waals surface area contributed by atoms with Crippen LogP contribution in [0.5, 0.6) is 0 Å². The minimum Gasteiger partial charge on any atom is -0.330 e. The van der Waals surface area contributed by atoms with Crippen molar-refractivity contribution in [1.29, 1.82) is 5.26 Å². The van der Waals surface area contributed by atoms with Crippen molar-refractivity contribution in [3.8, 4) is 6.07 Å². The van der Waals surface area contributed by atoms with Crippen LogP contribution in [0.2, 0.25) is 0 Å². The molecule has 0 aliphatic heterocycles. The van der Waals surface area contributed by atoms with E-state index < -0.39 is 0 Å². The highest BCUT2D eigenvalue weighted by Gasteiger charge is 1.95. The minimum atomic E-state index is 0.478. The van der Waals surface area contributed by atoms with Gasteiger partial charge in [-0.25, -0.2) is 4.98 Å².